The molecule has 11 heteroatoms. The molecule has 1 aromatic carbocycles. The zero-order valence-corrected chi connectivity index (χ0v) is 18.2. The van der Waals surface area contributed by atoms with Gasteiger partial charge in [0.15, 0.2) is 23.2 Å². The molecule has 1 fully saturated rings. The number of aliphatic hydroxyl groups excluding tert-OH is 3. The fraction of sp³-hybridized carbons (Fsp3) is 0.421. The molecule has 0 saturated carbocycles. The van der Waals surface area contributed by atoms with Crippen molar-refractivity contribution < 1.29 is 25.2 Å². The molecule has 0 unspecified atom stereocenters. The van der Waals surface area contributed by atoms with Crippen molar-refractivity contribution in [1.29, 1.82) is 0 Å². The fourth-order valence-electron chi connectivity index (χ4n) is 3.57. The first-order valence-electron chi connectivity index (χ1n) is 9.43. The maximum absolute atomic E-state index is 10.3. The highest BCUT2D eigenvalue weighted by molar-refractivity contribution is 14.1. The van der Waals surface area contributed by atoms with Gasteiger partial charge in [0.2, 0.25) is 0 Å². The summed E-state index contributed by atoms with van der Waals surface area (Å²) in [5, 5.41) is 42.6. The molecule has 0 bridgehead atoms. The molecular formula is C19H22IN5O5. The Morgan fingerprint density at radius 2 is 2.03 bits per heavy atom. The molecule has 1 saturated heterocycles. The largest absolute Gasteiger partial charge is 0.507 e. The summed E-state index contributed by atoms with van der Waals surface area (Å²) >= 11 is 2.09. The van der Waals surface area contributed by atoms with Crippen LogP contribution in [-0.2, 0) is 11.2 Å². The van der Waals surface area contributed by atoms with E-state index < -0.39 is 31.1 Å². The van der Waals surface area contributed by atoms with Gasteiger partial charge >= 0.3 is 0 Å². The number of nitrogens with one attached hydrogen (secondary N) is 1. The van der Waals surface area contributed by atoms with Crippen LogP contribution >= 0.6 is 22.6 Å². The summed E-state index contributed by atoms with van der Waals surface area (Å²) in [4.78, 5) is 12.9. The van der Waals surface area contributed by atoms with Gasteiger partial charge in [-0.25, -0.2) is 15.0 Å². The predicted molar refractivity (Wildman–Crippen MR) is 116 cm³/mol. The van der Waals surface area contributed by atoms with Crippen LogP contribution in [0, 0.1) is 3.57 Å². The van der Waals surface area contributed by atoms with E-state index in [9.17, 15) is 20.4 Å². The Kier molecular flexibility index (Phi) is 6.06. The van der Waals surface area contributed by atoms with Gasteiger partial charge in [0.1, 0.15) is 30.4 Å². The molecule has 160 valence electrons. The number of hydrogen-bond acceptors (Lipinski definition) is 9. The third-order valence-corrected chi connectivity index (χ3v) is 5.95. The van der Waals surface area contributed by atoms with Crippen molar-refractivity contribution in [2.45, 2.75) is 43.9 Å². The molecule has 0 aliphatic carbocycles. The number of fused-ring (bicyclic) bond motifs is 1. The van der Waals surface area contributed by atoms with E-state index in [2.05, 4.69) is 42.9 Å². The average Bonchev–Trinajstić information content (AvgIpc) is 3.27. The number of nitrogens with zero attached hydrogens (tertiary/aromatic N) is 4. The van der Waals surface area contributed by atoms with E-state index in [-0.39, 0.29) is 11.8 Å². The molecule has 3 heterocycles. The van der Waals surface area contributed by atoms with Crippen molar-refractivity contribution >= 4 is 39.6 Å². The highest BCUT2D eigenvalue weighted by Crippen LogP contribution is 2.32. The topological polar surface area (TPSA) is 146 Å². The zero-order chi connectivity index (χ0) is 21.4. The number of hydrogen-bond donors (Lipinski definition) is 5. The number of phenolic OH excluding ortho intramolecular Hbond substituents is 1. The normalized spacial score (nSPS) is 25.0. The molecule has 3 aromatic rings. The lowest BCUT2D eigenvalue weighted by Gasteiger charge is -2.17. The van der Waals surface area contributed by atoms with Gasteiger partial charge in [0.05, 0.1) is 16.5 Å². The number of ether oxygens (including phenoxy) is 1. The minimum atomic E-state index is -1.22. The third kappa shape index (κ3) is 3.95. The van der Waals surface area contributed by atoms with Gasteiger partial charge in [0.25, 0.3) is 0 Å². The van der Waals surface area contributed by atoms with E-state index >= 15 is 0 Å². The number of halogens is 1. The van der Waals surface area contributed by atoms with Crippen molar-refractivity contribution in [1.82, 2.24) is 19.5 Å². The molecule has 0 spiro atoms. The van der Waals surface area contributed by atoms with Crippen LogP contribution in [0.25, 0.3) is 11.2 Å². The van der Waals surface area contributed by atoms with Crippen LogP contribution < -0.4 is 5.32 Å². The Hall–Kier alpha value is -2.06. The summed E-state index contributed by atoms with van der Waals surface area (Å²) in [7, 11) is 0. The summed E-state index contributed by atoms with van der Waals surface area (Å²) in [6, 6.07) is 5.50. The van der Waals surface area contributed by atoms with Crippen molar-refractivity contribution in [3.8, 4) is 5.75 Å². The van der Waals surface area contributed by atoms with E-state index in [4.69, 9.17) is 4.74 Å². The van der Waals surface area contributed by atoms with Crippen molar-refractivity contribution in [3.05, 3.63) is 40.0 Å². The van der Waals surface area contributed by atoms with Crippen LogP contribution in [0.2, 0.25) is 0 Å². The smallest absolute Gasteiger partial charge is 0.167 e. The summed E-state index contributed by atoms with van der Waals surface area (Å²) in [6.45, 7) is 1.60. The van der Waals surface area contributed by atoms with Gasteiger partial charge in [-0.15, -0.1) is 0 Å². The van der Waals surface area contributed by atoms with Crippen LogP contribution in [0.5, 0.6) is 5.75 Å². The zero-order valence-electron chi connectivity index (χ0n) is 16.1. The molecule has 0 radical (unpaired) electrons. The second-order valence-corrected chi connectivity index (χ2v) is 8.47. The van der Waals surface area contributed by atoms with Gasteiger partial charge < -0.3 is 30.5 Å². The van der Waals surface area contributed by atoms with Gasteiger partial charge in [0, 0.05) is 6.04 Å². The van der Waals surface area contributed by atoms with Crippen LogP contribution in [0.15, 0.2) is 30.9 Å². The van der Waals surface area contributed by atoms with Gasteiger partial charge in [-0.05, 0) is 53.6 Å². The Bertz CT molecular complexity index is 1050. The van der Waals surface area contributed by atoms with Crippen LogP contribution in [0.4, 0.5) is 5.82 Å². The van der Waals surface area contributed by atoms with Crippen LogP contribution in [-0.4, -0.2) is 70.9 Å². The number of aromatic hydroxyl groups is 1. The molecule has 1 aliphatic heterocycles. The van der Waals surface area contributed by atoms with Crippen LogP contribution in [0.1, 0.15) is 18.7 Å². The van der Waals surface area contributed by atoms with E-state index in [0.29, 0.717) is 23.4 Å². The Labute approximate surface area is 185 Å². The van der Waals surface area contributed by atoms with E-state index in [1.807, 2.05) is 19.1 Å². The third-order valence-electron chi connectivity index (χ3n) is 5.09. The van der Waals surface area contributed by atoms with Crippen molar-refractivity contribution in [3.63, 3.8) is 0 Å². The summed E-state index contributed by atoms with van der Waals surface area (Å²) in [5.41, 5.74) is 2.01. The number of imidazole rings is 1. The standard InChI is InChI=1S/C19H22IN5O5/c1-9(4-10-2-3-12(27)11(20)5-10)24-17-14-18(22-7-21-17)25(8-23-14)19-16(29)15(28)13(6-26)30-19/h2-3,5,7-9,13,15-16,19,26-29H,4,6H2,1H3,(H,21,22,24)/t9-,13-,15-,16-,19-/m1/s1. The highest BCUT2D eigenvalue weighted by atomic mass is 127. The number of aromatic nitrogens is 4. The fourth-order valence-corrected chi connectivity index (χ4v) is 4.15. The van der Waals surface area contributed by atoms with Gasteiger partial charge in [-0.1, -0.05) is 6.07 Å². The van der Waals surface area contributed by atoms with Crippen LogP contribution in [0.3, 0.4) is 0 Å². The molecule has 5 N–H and O–H groups in total. The average molecular weight is 527 g/mol. The lowest BCUT2D eigenvalue weighted by atomic mass is 10.1. The molecule has 1 aliphatic rings. The summed E-state index contributed by atoms with van der Waals surface area (Å²) in [5.74, 6) is 0.791. The lowest BCUT2D eigenvalue weighted by molar-refractivity contribution is -0.0511. The molecule has 10 nitrogen and oxygen atoms in total. The second-order valence-electron chi connectivity index (χ2n) is 7.31. The van der Waals surface area contributed by atoms with E-state index in [1.54, 1.807) is 6.07 Å². The molecule has 0 amide bonds. The monoisotopic (exact) mass is 527 g/mol. The lowest BCUT2D eigenvalue weighted by Crippen LogP contribution is -2.33. The maximum Gasteiger partial charge on any atom is 0.167 e. The predicted octanol–water partition coefficient (Wildman–Crippen LogP) is 0.791. The number of anilines is 1. The van der Waals surface area contributed by atoms with Gasteiger partial charge in [-0.3, -0.25) is 4.57 Å². The quantitative estimate of drug-likeness (QED) is 0.294. The molecule has 4 rings (SSSR count). The molecular weight excluding hydrogens is 505 g/mol. The molecule has 30 heavy (non-hydrogen) atoms. The highest BCUT2D eigenvalue weighted by Gasteiger charge is 2.44. The van der Waals surface area contributed by atoms with Gasteiger partial charge in [-0.2, -0.15) is 0 Å². The SMILES string of the molecule is C[C@H](Cc1ccc(O)c(I)c1)Nc1ncnc2c1ncn2[C@@H]1O[C@H](CO)[C@@H](O)[C@H]1O. The second kappa shape index (κ2) is 8.59. The minimum Gasteiger partial charge on any atom is -0.507 e. The number of rotatable bonds is 6. The van der Waals surface area contributed by atoms with E-state index in [1.165, 1.54) is 17.2 Å². The molecule has 5 atom stereocenters. The number of phenols is 1. The van der Waals surface area contributed by atoms with E-state index in [0.717, 1.165) is 9.13 Å². The minimum absolute atomic E-state index is 0.0162. The Balaban J connectivity index is 1.55. The first kappa shape index (κ1) is 21.2. The number of aliphatic hydroxyl groups is 3. The Morgan fingerprint density at radius 1 is 1.23 bits per heavy atom. The van der Waals surface area contributed by atoms with Crippen molar-refractivity contribution in [2.75, 3.05) is 11.9 Å². The summed E-state index contributed by atoms with van der Waals surface area (Å²) in [6.07, 6.45) is -0.654. The summed E-state index contributed by atoms with van der Waals surface area (Å²) < 4.78 is 7.90. The molecule has 2 aromatic heterocycles. The first-order chi connectivity index (χ1) is 14.4. The number of benzene rings is 1. The maximum atomic E-state index is 10.3. The van der Waals surface area contributed by atoms with Crippen molar-refractivity contribution in [2.24, 2.45) is 0 Å². The first-order valence-corrected chi connectivity index (χ1v) is 10.5. The Morgan fingerprint density at radius 3 is 2.73 bits per heavy atom.